The van der Waals surface area contributed by atoms with Gasteiger partial charge in [0.25, 0.3) is 0 Å². The van der Waals surface area contributed by atoms with E-state index in [0.29, 0.717) is 19.6 Å². The molecule has 0 N–H and O–H groups in total. The summed E-state index contributed by atoms with van der Waals surface area (Å²) in [5.41, 5.74) is 0. The van der Waals surface area contributed by atoms with Crippen LogP contribution in [0.15, 0.2) is 0 Å². The van der Waals surface area contributed by atoms with Crippen LogP contribution in [0.4, 0.5) is 4.39 Å². The molecular formula is C5H8FNO2. The molecule has 1 aliphatic heterocycles. The Hall–Kier alpha value is -0.640. The van der Waals surface area contributed by atoms with E-state index in [1.165, 1.54) is 0 Å². The highest BCUT2D eigenvalue weighted by Gasteiger charge is 2.19. The van der Waals surface area contributed by atoms with E-state index >= 15 is 0 Å². The lowest BCUT2D eigenvalue weighted by Crippen LogP contribution is -2.41. The van der Waals surface area contributed by atoms with Gasteiger partial charge >= 0.3 is 0 Å². The van der Waals surface area contributed by atoms with Gasteiger partial charge in [-0.15, -0.1) is 0 Å². The van der Waals surface area contributed by atoms with Crippen LogP contribution in [0.1, 0.15) is 0 Å². The summed E-state index contributed by atoms with van der Waals surface area (Å²) >= 11 is 0. The van der Waals surface area contributed by atoms with Crippen LogP contribution in [0.25, 0.3) is 0 Å². The van der Waals surface area contributed by atoms with E-state index in [4.69, 9.17) is 4.74 Å². The first-order chi connectivity index (χ1) is 4.34. The lowest BCUT2D eigenvalue weighted by Gasteiger charge is -2.26. The summed E-state index contributed by atoms with van der Waals surface area (Å²) in [5.74, 6) is 0. The fourth-order valence-electron chi connectivity index (χ4n) is 0.705. The van der Waals surface area contributed by atoms with Crippen molar-refractivity contribution in [1.29, 1.82) is 0 Å². The van der Waals surface area contributed by atoms with Crippen molar-refractivity contribution < 1.29 is 13.9 Å². The van der Waals surface area contributed by atoms with Gasteiger partial charge in [0.15, 0.2) is 6.30 Å². The molecule has 1 amide bonds. The first-order valence-electron chi connectivity index (χ1n) is 2.77. The fraction of sp³-hybridized carbons (Fsp3) is 0.800. The Balaban J connectivity index is 2.38. The van der Waals surface area contributed by atoms with E-state index in [1.54, 1.807) is 0 Å². The summed E-state index contributed by atoms with van der Waals surface area (Å²) in [6, 6.07) is 0. The highest BCUT2D eigenvalue weighted by molar-refractivity contribution is 5.47. The standard InChI is InChI=1S/C5H8FNO2/c6-5-3-9-2-1-7(5)4-8/h4-5H,1-3H2. The lowest BCUT2D eigenvalue weighted by atomic mass is 10.4. The van der Waals surface area contributed by atoms with Gasteiger partial charge in [-0.3, -0.25) is 4.79 Å². The van der Waals surface area contributed by atoms with E-state index in [1.807, 2.05) is 0 Å². The SMILES string of the molecule is O=CN1CCOCC1F. The molecule has 52 valence electrons. The number of hydrogen-bond acceptors (Lipinski definition) is 2. The molecule has 0 aromatic carbocycles. The first-order valence-corrected chi connectivity index (χ1v) is 2.77. The Bertz CT molecular complexity index is 109. The highest BCUT2D eigenvalue weighted by atomic mass is 19.1. The van der Waals surface area contributed by atoms with Gasteiger partial charge in [-0.2, -0.15) is 0 Å². The molecule has 0 aromatic rings. The number of amides is 1. The molecule has 0 saturated carbocycles. The number of morpholine rings is 1. The van der Waals surface area contributed by atoms with Crippen molar-refractivity contribution in [3.63, 3.8) is 0 Å². The van der Waals surface area contributed by atoms with Crippen LogP contribution in [0.3, 0.4) is 0 Å². The number of nitrogens with zero attached hydrogens (tertiary/aromatic N) is 1. The number of alkyl halides is 1. The molecule has 0 radical (unpaired) electrons. The topological polar surface area (TPSA) is 29.5 Å². The summed E-state index contributed by atoms with van der Waals surface area (Å²) in [5, 5.41) is 0. The predicted octanol–water partition coefficient (Wildman–Crippen LogP) is -0.229. The number of rotatable bonds is 1. The van der Waals surface area contributed by atoms with Gasteiger partial charge in [0.2, 0.25) is 6.41 Å². The second-order valence-corrected chi connectivity index (χ2v) is 1.85. The van der Waals surface area contributed by atoms with Crippen molar-refractivity contribution in [2.75, 3.05) is 19.8 Å². The van der Waals surface area contributed by atoms with E-state index in [2.05, 4.69) is 0 Å². The van der Waals surface area contributed by atoms with Crippen molar-refractivity contribution in [1.82, 2.24) is 4.90 Å². The molecule has 1 heterocycles. The Labute approximate surface area is 52.4 Å². The van der Waals surface area contributed by atoms with E-state index in [-0.39, 0.29) is 6.61 Å². The maximum Gasteiger partial charge on any atom is 0.212 e. The molecular weight excluding hydrogens is 125 g/mol. The van der Waals surface area contributed by atoms with Gasteiger partial charge in [-0.1, -0.05) is 0 Å². The molecule has 0 aromatic heterocycles. The molecule has 1 unspecified atom stereocenters. The van der Waals surface area contributed by atoms with Crippen molar-refractivity contribution in [3.05, 3.63) is 0 Å². The van der Waals surface area contributed by atoms with Crippen LogP contribution in [-0.2, 0) is 9.53 Å². The average Bonchev–Trinajstić information content (AvgIpc) is 1.89. The minimum atomic E-state index is -1.24. The van der Waals surface area contributed by atoms with E-state index in [0.717, 1.165) is 4.90 Å². The Kier molecular flexibility index (Phi) is 2.00. The summed E-state index contributed by atoms with van der Waals surface area (Å²) in [6.45, 7) is 0.822. The largest absolute Gasteiger partial charge is 0.375 e. The third-order valence-electron chi connectivity index (χ3n) is 1.24. The monoisotopic (exact) mass is 133 g/mol. The molecule has 1 rings (SSSR count). The number of ether oxygens (including phenoxy) is 1. The van der Waals surface area contributed by atoms with Crippen LogP contribution >= 0.6 is 0 Å². The van der Waals surface area contributed by atoms with Crippen molar-refractivity contribution in [2.45, 2.75) is 6.30 Å². The minimum Gasteiger partial charge on any atom is -0.375 e. The molecule has 9 heavy (non-hydrogen) atoms. The molecule has 0 aliphatic carbocycles. The summed E-state index contributed by atoms with van der Waals surface area (Å²) in [4.78, 5) is 11.1. The molecule has 1 saturated heterocycles. The zero-order valence-electron chi connectivity index (χ0n) is 4.92. The molecule has 1 atom stereocenters. The van der Waals surface area contributed by atoms with Crippen molar-refractivity contribution in [3.8, 4) is 0 Å². The molecule has 0 bridgehead atoms. The Morgan fingerprint density at radius 2 is 2.56 bits per heavy atom. The van der Waals surface area contributed by atoms with Gasteiger partial charge in [0, 0.05) is 6.54 Å². The van der Waals surface area contributed by atoms with E-state index in [9.17, 15) is 9.18 Å². The number of carbonyl (C=O) groups is 1. The Morgan fingerprint density at radius 1 is 1.78 bits per heavy atom. The van der Waals surface area contributed by atoms with Crippen molar-refractivity contribution in [2.24, 2.45) is 0 Å². The second-order valence-electron chi connectivity index (χ2n) is 1.85. The van der Waals surface area contributed by atoms with Crippen LogP contribution in [0, 0.1) is 0 Å². The Morgan fingerprint density at radius 3 is 3.00 bits per heavy atom. The maximum atomic E-state index is 12.4. The molecule has 3 nitrogen and oxygen atoms in total. The average molecular weight is 133 g/mol. The highest BCUT2D eigenvalue weighted by Crippen LogP contribution is 2.03. The summed E-state index contributed by atoms with van der Waals surface area (Å²) < 4.78 is 17.2. The predicted molar refractivity (Wildman–Crippen MR) is 28.5 cm³/mol. The molecule has 1 fully saturated rings. The molecule has 1 aliphatic rings. The van der Waals surface area contributed by atoms with Crippen LogP contribution in [0.5, 0.6) is 0 Å². The zero-order valence-corrected chi connectivity index (χ0v) is 4.92. The third-order valence-corrected chi connectivity index (χ3v) is 1.24. The van der Waals surface area contributed by atoms with Crippen LogP contribution in [0.2, 0.25) is 0 Å². The fourth-order valence-corrected chi connectivity index (χ4v) is 0.705. The van der Waals surface area contributed by atoms with Gasteiger partial charge in [-0.05, 0) is 0 Å². The van der Waals surface area contributed by atoms with E-state index < -0.39 is 6.30 Å². The van der Waals surface area contributed by atoms with Gasteiger partial charge in [0.05, 0.1) is 13.2 Å². The second kappa shape index (κ2) is 2.77. The summed E-state index contributed by atoms with van der Waals surface area (Å²) in [7, 11) is 0. The lowest BCUT2D eigenvalue weighted by molar-refractivity contribution is -0.133. The molecule has 0 spiro atoms. The van der Waals surface area contributed by atoms with Gasteiger partial charge in [-0.25, -0.2) is 4.39 Å². The normalized spacial score (nSPS) is 28.1. The maximum absolute atomic E-state index is 12.4. The molecule has 4 heteroatoms. The minimum absolute atomic E-state index is 0.0126. The number of halogens is 1. The number of carbonyl (C=O) groups excluding carboxylic acids is 1. The first kappa shape index (κ1) is 6.48. The zero-order chi connectivity index (χ0) is 6.69. The number of hydrogen-bond donors (Lipinski definition) is 0. The van der Waals surface area contributed by atoms with Gasteiger partial charge < -0.3 is 9.64 Å². The summed E-state index contributed by atoms with van der Waals surface area (Å²) in [6.07, 6.45) is -0.732. The third kappa shape index (κ3) is 1.38. The van der Waals surface area contributed by atoms with Gasteiger partial charge in [0.1, 0.15) is 0 Å². The van der Waals surface area contributed by atoms with Crippen molar-refractivity contribution >= 4 is 6.41 Å². The quantitative estimate of drug-likeness (QED) is 0.365. The van der Waals surface area contributed by atoms with Crippen LogP contribution in [-0.4, -0.2) is 37.4 Å². The van der Waals surface area contributed by atoms with Crippen LogP contribution < -0.4 is 0 Å². The smallest absolute Gasteiger partial charge is 0.212 e.